The highest BCUT2D eigenvalue weighted by atomic mass is 16.5. The number of rotatable bonds is 4. The lowest BCUT2D eigenvalue weighted by atomic mass is 9.93. The summed E-state index contributed by atoms with van der Waals surface area (Å²) < 4.78 is 7.44. The predicted octanol–water partition coefficient (Wildman–Crippen LogP) is 5.20. The molecule has 0 unspecified atom stereocenters. The summed E-state index contributed by atoms with van der Waals surface area (Å²) in [5.41, 5.74) is 5.92. The molecule has 1 amide bonds. The third-order valence-electron chi connectivity index (χ3n) is 5.94. The average molecular weight is 437 g/mol. The molecule has 33 heavy (non-hydrogen) atoms. The van der Waals surface area contributed by atoms with Crippen LogP contribution in [0, 0.1) is 13.8 Å². The van der Waals surface area contributed by atoms with Gasteiger partial charge in [-0.25, -0.2) is 9.48 Å². The lowest BCUT2D eigenvalue weighted by Crippen LogP contribution is -2.23. The van der Waals surface area contributed by atoms with E-state index in [1.165, 1.54) is 0 Å². The largest absolute Gasteiger partial charge is 0.454 e. The summed E-state index contributed by atoms with van der Waals surface area (Å²) in [6, 6.07) is 24.5. The Morgan fingerprint density at radius 2 is 1.70 bits per heavy atom. The van der Waals surface area contributed by atoms with E-state index in [1.54, 1.807) is 18.2 Å². The van der Waals surface area contributed by atoms with Crippen LogP contribution < -0.4 is 5.32 Å². The van der Waals surface area contributed by atoms with Crippen molar-refractivity contribution < 1.29 is 14.3 Å². The number of nitrogens with zero attached hydrogens (tertiary/aromatic N) is 2. The fourth-order valence-corrected chi connectivity index (χ4v) is 4.22. The second kappa shape index (κ2) is 8.39. The first kappa shape index (κ1) is 20.7. The van der Waals surface area contributed by atoms with Crippen molar-refractivity contribution in [2.24, 2.45) is 0 Å². The SMILES string of the molecule is Cc1nn(-c2ccccc2)c(C)c1NC(=O)c1ccc2c(c1)C[C@@H](c1ccccc1)OC2=O. The molecular weight excluding hydrogens is 414 g/mol. The molecule has 1 atom stereocenters. The summed E-state index contributed by atoms with van der Waals surface area (Å²) in [4.78, 5) is 25.7. The van der Waals surface area contributed by atoms with E-state index in [1.807, 2.05) is 79.2 Å². The average Bonchev–Trinajstić information content (AvgIpc) is 3.13. The number of para-hydroxylation sites is 1. The molecule has 0 radical (unpaired) electrons. The molecule has 4 aromatic rings. The minimum atomic E-state index is -0.368. The van der Waals surface area contributed by atoms with E-state index in [0.29, 0.717) is 23.2 Å². The molecule has 0 bridgehead atoms. The van der Waals surface area contributed by atoms with Gasteiger partial charge in [0.25, 0.3) is 5.91 Å². The van der Waals surface area contributed by atoms with E-state index in [-0.39, 0.29) is 18.0 Å². The van der Waals surface area contributed by atoms with Crippen LogP contribution in [0.2, 0.25) is 0 Å². The van der Waals surface area contributed by atoms with Gasteiger partial charge in [0, 0.05) is 12.0 Å². The predicted molar refractivity (Wildman–Crippen MR) is 126 cm³/mol. The van der Waals surface area contributed by atoms with Gasteiger partial charge in [0.05, 0.1) is 28.3 Å². The number of esters is 1. The van der Waals surface area contributed by atoms with Gasteiger partial charge < -0.3 is 10.1 Å². The molecular formula is C27H23N3O3. The lowest BCUT2D eigenvalue weighted by Gasteiger charge is -2.25. The first-order valence-electron chi connectivity index (χ1n) is 10.8. The number of carbonyl (C=O) groups is 2. The van der Waals surface area contributed by atoms with Crippen LogP contribution in [0.5, 0.6) is 0 Å². The summed E-state index contributed by atoms with van der Waals surface area (Å²) in [6.07, 6.45) is 0.161. The van der Waals surface area contributed by atoms with Gasteiger partial charge in [0.1, 0.15) is 6.10 Å². The number of hydrogen-bond acceptors (Lipinski definition) is 4. The molecule has 1 aliphatic heterocycles. The number of ether oxygens (including phenoxy) is 1. The molecule has 1 N–H and O–H groups in total. The molecule has 2 heterocycles. The maximum absolute atomic E-state index is 13.1. The zero-order valence-electron chi connectivity index (χ0n) is 18.4. The van der Waals surface area contributed by atoms with Gasteiger partial charge in [0.15, 0.2) is 0 Å². The van der Waals surface area contributed by atoms with Gasteiger partial charge in [-0.3, -0.25) is 4.79 Å². The van der Waals surface area contributed by atoms with Gasteiger partial charge in [-0.2, -0.15) is 5.10 Å². The number of anilines is 1. The van der Waals surface area contributed by atoms with Gasteiger partial charge in [0.2, 0.25) is 0 Å². The summed E-state index contributed by atoms with van der Waals surface area (Å²) in [5.74, 6) is -0.611. The normalized spacial score (nSPS) is 15.0. The third kappa shape index (κ3) is 3.91. The van der Waals surface area contributed by atoms with Gasteiger partial charge in [-0.15, -0.1) is 0 Å². The maximum Gasteiger partial charge on any atom is 0.339 e. The molecule has 6 nitrogen and oxygen atoms in total. The monoisotopic (exact) mass is 437 g/mol. The van der Waals surface area contributed by atoms with Crippen molar-refractivity contribution >= 4 is 17.6 Å². The molecule has 1 aromatic heterocycles. The van der Waals surface area contributed by atoms with Crippen LogP contribution in [0.1, 0.15) is 49.3 Å². The molecule has 3 aromatic carbocycles. The van der Waals surface area contributed by atoms with Gasteiger partial charge in [-0.1, -0.05) is 48.5 Å². The fourth-order valence-electron chi connectivity index (χ4n) is 4.22. The third-order valence-corrected chi connectivity index (χ3v) is 5.94. The van der Waals surface area contributed by atoms with Crippen LogP contribution in [0.4, 0.5) is 5.69 Å². The van der Waals surface area contributed by atoms with Crippen molar-refractivity contribution in [3.05, 3.63) is 113 Å². The molecule has 0 fully saturated rings. The van der Waals surface area contributed by atoms with E-state index in [0.717, 1.165) is 28.2 Å². The number of carbonyl (C=O) groups excluding carboxylic acids is 2. The Hall–Kier alpha value is -4.19. The smallest absolute Gasteiger partial charge is 0.339 e. The number of cyclic esters (lactones) is 1. The molecule has 0 saturated heterocycles. The summed E-state index contributed by atoms with van der Waals surface area (Å²) in [6.45, 7) is 3.80. The zero-order chi connectivity index (χ0) is 22.9. The zero-order valence-corrected chi connectivity index (χ0v) is 18.4. The first-order chi connectivity index (χ1) is 16.0. The Morgan fingerprint density at radius 3 is 2.42 bits per heavy atom. The molecule has 164 valence electrons. The van der Waals surface area contributed by atoms with Crippen molar-refractivity contribution in [3.63, 3.8) is 0 Å². The van der Waals surface area contributed by atoms with Crippen LogP contribution in [-0.4, -0.2) is 21.7 Å². The Kier molecular flexibility index (Phi) is 5.26. The molecule has 0 saturated carbocycles. The van der Waals surface area contributed by atoms with Crippen LogP contribution in [-0.2, 0) is 11.2 Å². The van der Waals surface area contributed by atoms with Crippen molar-refractivity contribution in [1.82, 2.24) is 9.78 Å². The highest BCUT2D eigenvalue weighted by Crippen LogP contribution is 2.31. The molecule has 6 heteroatoms. The van der Waals surface area contributed by atoms with Gasteiger partial charge >= 0.3 is 5.97 Å². The number of aryl methyl sites for hydroxylation is 1. The topological polar surface area (TPSA) is 73.2 Å². The number of benzene rings is 3. The first-order valence-corrected chi connectivity index (χ1v) is 10.8. The molecule has 0 aliphatic carbocycles. The Labute approximate surface area is 191 Å². The highest BCUT2D eigenvalue weighted by Gasteiger charge is 2.28. The summed E-state index contributed by atoms with van der Waals surface area (Å²) in [5, 5.41) is 7.60. The number of aromatic nitrogens is 2. The van der Waals surface area contributed by atoms with Crippen LogP contribution in [0.15, 0.2) is 78.9 Å². The Bertz CT molecular complexity index is 1340. The fraction of sp³-hybridized carbons (Fsp3) is 0.148. The Balaban J connectivity index is 1.41. The standard InChI is InChI=1S/C27H23N3O3/c1-17-25(18(2)30(29-17)22-11-7-4-8-12-22)28-26(31)20-13-14-23-21(15-20)16-24(33-27(23)32)19-9-5-3-6-10-19/h3-15,24H,16H2,1-2H3,(H,28,31)/t24-/m0/s1. The van der Waals surface area contributed by atoms with Crippen LogP contribution in [0.3, 0.4) is 0 Å². The summed E-state index contributed by atoms with van der Waals surface area (Å²) in [7, 11) is 0. The Morgan fingerprint density at radius 1 is 1.00 bits per heavy atom. The van der Waals surface area contributed by atoms with E-state index in [9.17, 15) is 9.59 Å². The van der Waals surface area contributed by atoms with Gasteiger partial charge in [-0.05, 0) is 55.3 Å². The van der Waals surface area contributed by atoms with E-state index in [2.05, 4.69) is 10.4 Å². The number of amides is 1. The maximum atomic E-state index is 13.1. The van der Waals surface area contributed by atoms with E-state index < -0.39 is 0 Å². The highest BCUT2D eigenvalue weighted by molar-refractivity contribution is 6.06. The van der Waals surface area contributed by atoms with Crippen molar-refractivity contribution in [3.8, 4) is 5.69 Å². The van der Waals surface area contributed by atoms with Crippen LogP contribution >= 0.6 is 0 Å². The lowest BCUT2D eigenvalue weighted by molar-refractivity contribution is 0.0252. The number of hydrogen-bond donors (Lipinski definition) is 1. The second-order valence-corrected chi connectivity index (χ2v) is 8.13. The van der Waals surface area contributed by atoms with Crippen molar-refractivity contribution in [2.75, 3.05) is 5.32 Å². The van der Waals surface area contributed by atoms with Crippen LogP contribution in [0.25, 0.3) is 5.69 Å². The second-order valence-electron chi connectivity index (χ2n) is 8.13. The molecule has 5 rings (SSSR count). The van der Waals surface area contributed by atoms with Crippen molar-refractivity contribution in [1.29, 1.82) is 0 Å². The number of nitrogens with one attached hydrogen (secondary N) is 1. The number of fused-ring (bicyclic) bond motifs is 1. The van der Waals surface area contributed by atoms with Crippen molar-refractivity contribution in [2.45, 2.75) is 26.4 Å². The minimum Gasteiger partial charge on any atom is -0.454 e. The molecule has 1 aliphatic rings. The van der Waals surface area contributed by atoms with E-state index in [4.69, 9.17) is 4.74 Å². The summed E-state index contributed by atoms with van der Waals surface area (Å²) >= 11 is 0. The van der Waals surface area contributed by atoms with E-state index >= 15 is 0 Å². The quantitative estimate of drug-likeness (QED) is 0.446. The minimum absolute atomic E-state index is 0.244. The molecule has 0 spiro atoms.